The Morgan fingerprint density at radius 1 is 0.929 bits per heavy atom. The first-order valence-electron chi connectivity index (χ1n) is 12.8. The number of hydrogen-bond donors (Lipinski definition) is 3. The second-order valence-corrected chi connectivity index (χ2v) is 9.61. The Bertz CT molecular complexity index is 1560. The van der Waals surface area contributed by atoms with Gasteiger partial charge in [-0.15, -0.1) is 0 Å². The summed E-state index contributed by atoms with van der Waals surface area (Å²) in [6, 6.07) is 14.7. The number of anilines is 2. The maximum absolute atomic E-state index is 13.7. The van der Waals surface area contributed by atoms with E-state index in [1.165, 1.54) is 17.2 Å². The molecule has 1 atom stereocenters. The summed E-state index contributed by atoms with van der Waals surface area (Å²) in [5, 5.41) is 12.8. The smallest absolute Gasteiger partial charge is 0.378 e. The molecule has 0 spiro atoms. The second kappa shape index (κ2) is 11.6. The molecule has 42 heavy (non-hydrogen) atoms. The fourth-order valence-corrected chi connectivity index (χ4v) is 4.68. The number of pyridine rings is 1. The van der Waals surface area contributed by atoms with Gasteiger partial charge in [-0.1, -0.05) is 30.3 Å². The lowest BCUT2D eigenvalue weighted by molar-refractivity contribution is -0.141. The third-order valence-corrected chi connectivity index (χ3v) is 6.79. The second-order valence-electron chi connectivity index (χ2n) is 9.61. The summed E-state index contributed by atoms with van der Waals surface area (Å²) in [5.74, 6) is -2.99. The van der Waals surface area contributed by atoms with Crippen molar-refractivity contribution in [3.05, 3.63) is 101 Å². The molecular formula is C29H24F5N5O3. The predicted octanol–water partition coefficient (Wildman–Crippen LogP) is 5.01. The molecule has 8 nitrogen and oxygen atoms in total. The van der Waals surface area contributed by atoms with Crippen LogP contribution in [0.3, 0.4) is 0 Å². The summed E-state index contributed by atoms with van der Waals surface area (Å²) in [7, 11) is 0. The number of aliphatic hydroxyl groups is 1. The van der Waals surface area contributed by atoms with E-state index in [-0.39, 0.29) is 30.0 Å². The van der Waals surface area contributed by atoms with Crippen LogP contribution < -0.4 is 10.2 Å². The standard InChI is InChI=1S/C29H24F5N5O3/c30-19-12-18(13-20(31)14-19)26(40)28(42)39-10-8-38(9-11-39)24-7-6-21(16-35-24)36-27(41)25-22(29(32,33)34)15-23(37-25)17-4-2-1-3-5-17/h1-7,12-16,26,37,40H,8-11H2,(H,36,41). The van der Waals surface area contributed by atoms with Crippen molar-refractivity contribution >= 4 is 23.3 Å². The Hall–Kier alpha value is -4.78. The zero-order valence-corrected chi connectivity index (χ0v) is 21.8. The van der Waals surface area contributed by atoms with Gasteiger partial charge in [-0.2, -0.15) is 13.2 Å². The van der Waals surface area contributed by atoms with Crippen molar-refractivity contribution in [1.29, 1.82) is 0 Å². The van der Waals surface area contributed by atoms with Crippen LogP contribution in [0.15, 0.2) is 72.9 Å². The molecule has 1 aliphatic rings. The fraction of sp³-hybridized carbons (Fsp3) is 0.207. The number of hydrogen-bond acceptors (Lipinski definition) is 5. The number of aromatic amines is 1. The molecule has 2 amide bonds. The van der Waals surface area contributed by atoms with E-state index in [9.17, 15) is 36.6 Å². The number of benzene rings is 2. The van der Waals surface area contributed by atoms with Crippen LogP contribution in [0, 0.1) is 11.6 Å². The van der Waals surface area contributed by atoms with Crippen LogP contribution in [0.1, 0.15) is 27.7 Å². The number of nitrogens with zero attached hydrogens (tertiary/aromatic N) is 3. The van der Waals surface area contributed by atoms with E-state index in [2.05, 4.69) is 15.3 Å². The van der Waals surface area contributed by atoms with Crippen LogP contribution in [-0.2, 0) is 11.0 Å². The minimum atomic E-state index is -4.76. The summed E-state index contributed by atoms with van der Waals surface area (Å²) >= 11 is 0. The first kappa shape index (κ1) is 28.7. The molecule has 1 aliphatic heterocycles. The van der Waals surface area contributed by atoms with Gasteiger partial charge >= 0.3 is 6.18 Å². The van der Waals surface area contributed by atoms with Crippen LogP contribution in [0.5, 0.6) is 0 Å². The van der Waals surface area contributed by atoms with E-state index < -0.39 is 47.0 Å². The summed E-state index contributed by atoms with van der Waals surface area (Å²) in [5.41, 5.74) is -1.09. The highest BCUT2D eigenvalue weighted by Crippen LogP contribution is 2.35. The lowest BCUT2D eigenvalue weighted by Crippen LogP contribution is -2.50. The van der Waals surface area contributed by atoms with Crippen molar-refractivity contribution in [2.45, 2.75) is 12.3 Å². The highest BCUT2D eigenvalue weighted by molar-refractivity contribution is 6.04. The first-order valence-corrected chi connectivity index (χ1v) is 12.8. The van der Waals surface area contributed by atoms with Crippen LogP contribution >= 0.6 is 0 Å². The Morgan fingerprint density at radius 3 is 2.19 bits per heavy atom. The zero-order chi connectivity index (χ0) is 30.0. The van der Waals surface area contributed by atoms with Crippen LogP contribution in [0.4, 0.5) is 33.5 Å². The monoisotopic (exact) mass is 585 g/mol. The number of rotatable bonds is 6. The van der Waals surface area contributed by atoms with E-state index in [4.69, 9.17) is 0 Å². The third kappa shape index (κ3) is 6.25. The number of alkyl halides is 3. The topological polar surface area (TPSA) is 102 Å². The quantitative estimate of drug-likeness (QED) is 0.277. The normalized spacial score (nSPS) is 14.5. The number of piperazine rings is 1. The van der Waals surface area contributed by atoms with E-state index >= 15 is 0 Å². The van der Waals surface area contributed by atoms with E-state index in [1.54, 1.807) is 36.4 Å². The van der Waals surface area contributed by atoms with Gasteiger partial charge in [0.2, 0.25) is 0 Å². The van der Waals surface area contributed by atoms with Gasteiger partial charge in [0.15, 0.2) is 6.10 Å². The van der Waals surface area contributed by atoms with Crippen LogP contribution in [-0.4, -0.2) is 58.0 Å². The lowest BCUT2D eigenvalue weighted by Gasteiger charge is -2.36. The van der Waals surface area contributed by atoms with Crippen molar-refractivity contribution in [2.24, 2.45) is 0 Å². The highest BCUT2D eigenvalue weighted by atomic mass is 19.4. The zero-order valence-electron chi connectivity index (χ0n) is 21.8. The van der Waals surface area contributed by atoms with E-state index in [0.29, 0.717) is 30.5 Å². The summed E-state index contributed by atoms with van der Waals surface area (Å²) in [6.07, 6.45) is -5.17. The molecule has 2 aromatic carbocycles. The van der Waals surface area contributed by atoms with Gasteiger partial charge in [-0.05, 0) is 41.5 Å². The summed E-state index contributed by atoms with van der Waals surface area (Å²) in [4.78, 5) is 35.6. The molecule has 3 heterocycles. The van der Waals surface area contributed by atoms with Crippen molar-refractivity contribution in [3.8, 4) is 11.3 Å². The number of amides is 2. The molecule has 4 aromatic rings. The van der Waals surface area contributed by atoms with Crippen LogP contribution in [0.25, 0.3) is 11.3 Å². The molecule has 13 heteroatoms. The SMILES string of the molecule is O=C(Nc1ccc(N2CCN(C(=O)C(O)c3cc(F)cc(F)c3)CC2)nc1)c1[nH]c(-c2ccccc2)cc1C(F)(F)F. The molecule has 1 fully saturated rings. The minimum Gasteiger partial charge on any atom is -0.378 e. The number of halogens is 5. The Labute approximate surface area is 236 Å². The number of nitrogens with one attached hydrogen (secondary N) is 2. The molecule has 5 rings (SSSR count). The van der Waals surface area contributed by atoms with Gasteiger partial charge in [-0.25, -0.2) is 13.8 Å². The molecular weight excluding hydrogens is 561 g/mol. The number of carbonyl (C=O) groups excluding carboxylic acids is 2. The molecule has 0 saturated carbocycles. The van der Waals surface area contributed by atoms with Gasteiger partial charge < -0.3 is 25.2 Å². The average molecular weight is 586 g/mol. The largest absolute Gasteiger partial charge is 0.418 e. The molecule has 0 radical (unpaired) electrons. The summed E-state index contributed by atoms with van der Waals surface area (Å²) in [6.45, 7) is 1.05. The number of aromatic nitrogens is 2. The molecule has 1 saturated heterocycles. The fourth-order valence-electron chi connectivity index (χ4n) is 4.68. The van der Waals surface area contributed by atoms with Gasteiger partial charge in [0.1, 0.15) is 23.1 Å². The van der Waals surface area contributed by atoms with Gasteiger partial charge in [0.05, 0.1) is 17.4 Å². The average Bonchev–Trinajstić information content (AvgIpc) is 3.44. The maximum atomic E-state index is 13.7. The molecule has 218 valence electrons. The summed E-state index contributed by atoms with van der Waals surface area (Å²) < 4.78 is 68.0. The molecule has 0 bridgehead atoms. The van der Waals surface area contributed by atoms with Gasteiger partial charge in [0, 0.05) is 37.9 Å². The number of carbonyl (C=O) groups is 2. The third-order valence-electron chi connectivity index (χ3n) is 6.79. The Kier molecular flexibility index (Phi) is 7.94. The maximum Gasteiger partial charge on any atom is 0.418 e. The minimum absolute atomic E-state index is 0.148. The van der Waals surface area contributed by atoms with Gasteiger partial charge in [-0.3, -0.25) is 9.59 Å². The number of aliphatic hydroxyl groups excluding tert-OH is 1. The van der Waals surface area contributed by atoms with E-state index in [1.807, 2.05) is 4.90 Å². The van der Waals surface area contributed by atoms with Crippen molar-refractivity contribution < 1.29 is 36.6 Å². The molecule has 3 N–H and O–H groups in total. The number of H-pyrrole nitrogens is 1. The predicted molar refractivity (Wildman–Crippen MR) is 144 cm³/mol. The van der Waals surface area contributed by atoms with E-state index in [0.717, 1.165) is 18.2 Å². The molecule has 1 unspecified atom stereocenters. The van der Waals surface area contributed by atoms with Crippen molar-refractivity contribution in [1.82, 2.24) is 14.9 Å². The van der Waals surface area contributed by atoms with Crippen molar-refractivity contribution in [2.75, 3.05) is 36.4 Å². The Balaban J connectivity index is 1.22. The molecule has 0 aliphatic carbocycles. The van der Waals surface area contributed by atoms with Gasteiger partial charge in [0.25, 0.3) is 11.8 Å². The Morgan fingerprint density at radius 2 is 1.60 bits per heavy atom. The van der Waals surface area contributed by atoms with Crippen molar-refractivity contribution in [3.63, 3.8) is 0 Å². The van der Waals surface area contributed by atoms with Crippen LogP contribution in [0.2, 0.25) is 0 Å². The molecule has 2 aromatic heterocycles. The highest BCUT2D eigenvalue weighted by Gasteiger charge is 2.37. The lowest BCUT2D eigenvalue weighted by atomic mass is 10.1. The first-order chi connectivity index (χ1) is 20.0.